The average molecular weight is 384 g/mol. The number of aliphatic imine (C=N–C) groups is 2. The number of ether oxygens (including phenoxy) is 1. The number of benzene rings is 2. The minimum Gasteiger partial charge on any atom is -0.474 e. The Morgan fingerprint density at radius 1 is 1.11 bits per heavy atom. The molecule has 6 heteroatoms. The van der Waals surface area contributed by atoms with Crippen LogP contribution in [0.5, 0.6) is 0 Å². The summed E-state index contributed by atoms with van der Waals surface area (Å²) in [6, 6.07) is 13.0. The average Bonchev–Trinajstić information content (AvgIpc) is 3.07. The molecule has 4 nitrogen and oxygen atoms in total. The standard InChI is InChI=1S/C22H22F2N2O2/c1-22(2,3)19(26-20(27)18-16(23)10-7-11-17(18)24)21-25-15(13-28-21)12-14-8-5-4-6-9-14/h4-11,15H,12-13H2,1-3H3/t15-/m0/s1. The number of nitrogens with zero attached hydrogens (tertiary/aromatic N) is 2. The third kappa shape index (κ3) is 4.50. The van der Waals surface area contributed by atoms with Gasteiger partial charge in [-0.3, -0.25) is 4.79 Å². The summed E-state index contributed by atoms with van der Waals surface area (Å²) in [4.78, 5) is 21.1. The van der Waals surface area contributed by atoms with Crippen molar-refractivity contribution in [1.82, 2.24) is 0 Å². The molecule has 0 saturated heterocycles. The van der Waals surface area contributed by atoms with Gasteiger partial charge in [-0.1, -0.05) is 57.2 Å². The molecule has 1 aliphatic heterocycles. The van der Waals surface area contributed by atoms with Crippen molar-refractivity contribution in [2.45, 2.75) is 33.2 Å². The molecule has 0 aromatic heterocycles. The molecule has 0 radical (unpaired) electrons. The van der Waals surface area contributed by atoms with Crippen LogP contribution in [0, 0.1) is 17.0 Å². The molecule has 3 rings (SSSR count). The molecule has 2 aromatic carbocycles. The summed E-state index contributed by atoms with van der Waals surface area (Å²) in [6.45, 7) is 5.88. The van der Waals surface area contributed by atoms with Crippen LogP contribution in [0.4, 0.5) is 8.78 Å². The second kappa shape index (κ2) is 8.00. The molecular formula is C22H22F2N2O2. The largest absolute Gasteiger partial charge is 0.474 e. The van der Waals surface area contributed by atoms with Gasteiger partial charge in [0, 0.05) is 5.41 Å². The monoisotopic (exact) mass is 384 g/mol. The van der Waals surface area contributed by atoms with Gasteiger partial charge >= 0.3 is 0 Å². The molecule has 1 amide bonds. The first-order chi connectivity index (χ1) is 13.3. The minimum absolute atomic E-state index is 0.106. The third-order valence-corrected chi connectivity index (χ3v) is 4.33. The number of carbonyl (C=O) groups excluding carboxylic acids is 1. The molecule has 0 N–H and O–H groups in total. The number of rotatable bonds is 4. The summed E-state index contributed by atoms with van der Waals surface area (Å²) in [5, 5.41) is 0. The van der Waals surface area contributed by atoms with Gasteiger partial charge in [0.05, 0.1) is 6.04 Å². The third-order valence-electron chi connectivity index (χ3n) is 4.33. The highest BCUT2D eigenvalue weighted by Crippen LogP contribution is 2.23. The fourth-order valence-corrected chi connectivity index (χ4v) is 2.93. The van der Waals surface area contributed by atoms with Crippen LogP contribution in [0.15, 0.2) is 58.5 Å². The summed E-state index contributed by atoms with van der Waals surface area (Å²) < 4.78 is 33.6. The van der Waals surface area contributed by atoms with E-state index in [1.165, 1.54) is 6.07 Å². The zero-order chi connectivity index (χ0) is 20.3. The molecule has 146 valence electrons. The quantitative estimate of drug-likeness (QED) is 0.722. The van der Waals surface area contributed by atoms with Crippen molar-refractivity contribution in [3.8, 4) is 0 Å². The van der Waals surface area contributed by atoms with Crippen molar-refractivity contribution < 1.29 is 18.3 Å². The molecule has 0 aliphatic carbocycles. The Labute approximate surface area is 163 Å². The molecule has 0 bridgehead atoms. The topological polar surface area (TPSA) is 51.0 Å². The van der Waals surface area contributed by atoms with Crippen LogP contribution >= 0.6 is 0 Å². The van der Waals surface area contributed by atoms with Crippen LogP contribution in [0.2, 0.25) is 0 Å². The minimum atomic E-state index is -0.988. The summed E-state index contributed by atoms with van der Waals surface area (Å²) in [5.41, 5.74) is 0.122. The molecule has 1 atom stereocenters. The van der Waals surface area contributed by atoms with Gasteiger partial charge in [-0.15, -0.1) is 0 Å². The Balaban J connectivity index is 1.90. The lowest BCUT2D eigenvalue weighted by atomic mass is 9.89. The van der Waals surface area contributed by atoms with Gasteiger partial charge in [0.15, 0.2) is 0 Å². The van der Waals surface area contributed by atoms with Gasteiger partial charge < -0.3 is 4.74 Å². The molecule has 1 aliphatic rings. The SMILES string of the molecule is CC(C)(C)C(=NC(=O)c1c(F)cccc1F)C1=N[C@@H](Cc2ccccc2)CO1. The van der Waals surface area contributed by atoms with Crippen molar-refractivity contribution in [1.29, 1.82) is 0 Å². The van der Waals surface area contributed by atoms with Crippen molar-refractivity contribution >= 4 is 17.5 Å². The fraction of sp³-hybridized carbons (Fsp3) is 0.318. The van der Waals surface area contributed by atoms with Crippen LogP contribution in [0.1, 0.15) is 36.7 Å². The Morgan fingerprint density at radius 3 is 2.36 bits per heavy atom. The molecule has 28 heavy (non-hydrogen) atoms. The van der Waals surface area contributed by atoms with Crippen molar-refractivity contribution in [2.75, 3.05) is 6.61 Å². The van der Waals surface area contributed by atoms with Gasteiger partial charge in [0.1, 0.15) is 29.5 Å². The lowest BCUT2D eigenvalue weighted by molar-refractivity contribution is 0.0993. The van der Waals surface area contributed by atoms with E-state index in [1.807, 2.05) is 51.1 Å². The predicted molar refractivity (Wildman–Crippen MR) is 105 cm³/mol. The first-order valence-electron chi connectivity index (χ1n) is 9.08. The van der Waals surface area contributed by atoms with E-state index >= 15 is 0 Å². The van der Waals surface area contributed by atoms with E-state index in [1.54, 1.807) is 0 Å². The van der Waals surface area contributed by atoms with E-state index < -0.39 is 28.5 Å². The van der Waals surface area contributed by atoms with Gasteiger partial charge in [-0.05, 0) is 24.1 Å². The Hall–Kier alpha value is -2.89. The van der Waals surface area contributed by atoms with Gasteiger partial charge in [0.2, 0.25) is 5.90 Å². The van der Waals surface area contributed by atoms with E-state index in [2.05, 4.69) is 9.98 Å². The summed E-state index contributed by atoms with van der Waals surface area (Å²) in [6.07, 6.45) is 0.692. The van der Waals surface area contributed by atoms with Crippen LogP contribution in [0.25, 0.3) is 0 Å². The first kappa shape index (κ1) is 19.9. The highest BCUT2D eigenvalue weighted by molar-refractivity contribution is 6.42. The van der Waals surface area contributed by atoms with Gasteiger partial charge in [-0.25, -0.2) is 18.8 Å². The molecule has 0 unspecified atom stereocenters. The van der Waals surface area contributed by atoms with E-state index in [0.29, 0.717) is 13.0 Å². The van der Waals surface area contributed by atoms with Crippen molar-refractivity contribution in [3.63, 3.8) is 0 Å². The number of hydrogen-bond donors (Lipinski definition) is 0. The van der Waals surface area contributed by atoms with Crippen LogP contribution in [-0.4, -0.2) is 30.2 Å². The number of halogens is 2. The number of hydrogen-bond acceptors (Lipinski definition) is 3. The van der Waals surface area contributed by atoms with Crippen molar-refractivity contribution in [3.05, 3.63) is 71.3 Å². The Kier molecular flexibility index (Phi) is 5.68. The van der Waals surface area contributed by atoms with Crippen LogP contribution in [-0.2, 0) is 11.2 Å². The van der Waals surface area contributed by atoms with E-state index in [-0.39, 0.29) is 17.7 Å². The summed E-state index contributed by atoms with van der Waals surface area (Å²) >= 11 is 0. The normalized spacial score (nSPS) is 17.2. The molecule has 0 spiro atoms. The molecule has 0 fully saturated rings. The number of amides is 1. The highest BCUT2D eigenvalue weighted by atomic mass is 19.1. The highest BCUT2D eigenvalue weighted by Gasteiger charge is 2.32. The second-order valence-electron chi connectivity index (χ2n) is 7.70. The van der Waals surface area contributed by atoms with E-state index in [9.17, 15) is 13.6 Å². The van der Waals surface area contributed by atoms with E-state index in [0.717, 1.165) is 17.7 Å². The smallest absolute Gasteiger partial charge is 0.283 e. The molecule has 2 aromatic rings. The predicted octanol–water partition coefficient (Wildman–Crippen LogP) is 4.63. The van der Waals surface area contributed by atoms with Gasteiger partial charge in [0.25, 0.3) is 5.91 Å². The lowest BCUT2D eigenvalue weighted by Gasteiger charge is -2.20. The molecule has 1 heterocycles. The second-order valence-corrected chi connectivity index (χ2v) is 7.70. The zero-order valence-corrected chi connectivity index (χ0v) is 16.1. The lowest BCUT2D eigenvalue weighted by Crippen LogP contribution is -2.30. The fourth-order valence-electron chi connectivity index (χ4n) is 2.93. The summed E-state index contributed by atoms with van der Waals surface area (Å²) in [7, 11) is 0. The van der Waals surface area contributed by atoms with Gasteiger partial charge in [-0.2, -0.15) is 0 Å². The van der Waals surface area contributed by atoms with Crippen LogP contribution in [0.3, 0.4) is 0 Å². The van der Waals surface area contributed by atoms with Crippen molar-refractivity contribution in [2.24, 2.45) is 15.4 Å². The maximum absolute atomic E-state index is 13.9. The summed E-state index contributed by atoms with van der Waals surface area (Å²) in [5.74, 6) is -2.63. The maximum Gasteiger partial charge on any atom is 0.283 e. The first-order valence-corrected chi connectivity index (χ1v) is 9.08. The Morgan fingerprint density at radius 2 is 1.75 bits per heavy atom. The molecule has 0 saturated carbocycles. The zero-order valence-electron chi connectivity index (χ0n) is 16.1. The Bertz CT molecular complexity index is 911. The molecular weight excluding hydrogens is 362 g/mol. The van der Waals surface area contributed by atoms with Crippen LogP contribution < -0.4 is 0 Å². The number of carbonyl (C=O) groups is 1. The maximum atomic E-state index is 13.9. The van der Waals surface area contributed by atoms with E-state index in [4.69, 9.17) is 4.74 Å².